The van der Waals surface area contributed by atoms with Crippen molar-refractivity contribution in [3.8, 4) is 28.1 Å². The molecular weight excluding hydrogens is 520 g/mol. The molecule has 0 saturated heterocycles. The summed E-state index contributed by atoms with van der Waals surface area (Å²) in [6.45, 7) is 0. The molecule has 8 rings (SSSR count). The van der Waals surface area contributed by atoms with Crippen molar-refractivity contribution >= 4 is 39.6 Å². The molecular formula is C37H22N2O3. The van der Waals surface area contributed by atoms with Crippen LogP contribution in [0, 0.1) is 0 Å². The molecule has 5 nitrogen and oxygen atoms in total. The van der Waals surface area contributed by atoms with Gasteiger partial charge in [-0.05, 0) is 52.2 Å². The standard InChI is InChI=1S/C37H22N2O3/c40-35-29-19-26-11-7-8-12-27(26)20-30(29)36(41)31(35)21-34-38-37-32(39(34)28-13-5-2-6-14-28)22-33(42-37)25-17-15-24(16-18-25)23-9-3-1-4-10-23/h1-22H. The first-order chi connectivity index (χ1) is 20.6. The Kier molecular flexibility index (Phi) is 5.37. The average molecular weight is 543 g/mol. The number of hydrogen-bond donors (Lipinski definition) is 0. The highest BCUT2D eigenvalue weighted by atomic mass is 16.3. The van der Waals surface area contributed by atoms with Crippen molar-refractivity contribution in [2.24, 2.45) is 0 Å². The van der Waals surface area contributed by atoms with Crippen LogP contribution in [0.3, 0.4) is 0 Å². The number of benzene rings is 5. The zero-order valence-electron chi connectivity index (χ0n) is 22.3. The Morgan fingerprint density at radius 2 is 1.14 bits per heavy atom. The Hall–Kier alpha value is -5.81. The van der Waals surface area contributed by atoms with E-state index in [-0.39, 0.29) is 17.1 Å². The number of allylic oxidation sites excluding steroid dienone is 1. The molecule has 1 aliphatic rings. The Labute approximate surface area is 241 Å². The molecule has 0 atom stereocenters. The summed E-state index contributed by atoms with van der Waals surface area (Å²) in [4.78, 5) is 31.7. The lowest BCUT2D eigenvalue weighted by molar-refractivity contribution is 0.0990. The van der Waals surface area contributed by atoms with Crippen LogP contribution in [0.5, 0.6) is 0 Å². The minimum absolute atomic E-state index is 0.0989. The molecule has 1 aliphatic carbocycles. The summed E-state index contributed by atoms with van der Waals surface area (Å²) in [5.74, 6) is 0.552. The number of hydrogen-bond acceptors (Lipinski definition) is 4. The number of Topliss-reactive ketones (excluding diaryl/α,β-unsaturated/α-hetero) is 2. The van der Waals surface area contributed by atoms with Crippen LogP contribution in [-0.2, 0) is 0 Å². The van der Waals surface area contributed by atoms with E-state index in [0.29, 0.717) is 28.4 Å². The second kappa shape index (κ2) is 9.39. The number of imidazole rings is 1. The van der Waals surface area contributed by atoms with Crippen LogP contribution in [0.25, 0.3) is 56.2 Å². The Balaban J connectivity index is 1.23. The van der Waals surface area contributed by atoms with Crippen molar-refractivity contribution in [1.29, 1.82) is 0 Å². The summed E-state index contributed by atoms with van der Waals surface area (Å²) in [5.41, 5.74) is 6.16. The summed E-state index contributed by atoms with van der Waals surface area (Å²) in [5, 5.41) is 1.84. The van der Waals surface area contributed by atoms with E-state index in [9.17, 15) is 9.59 Å². The second-order valence-electron chi connectivity index (χ2n) is 10.3. The fourth-order valence-corrected chi connectivity index (χ4v) is 5.70. The van der Waals surface area contributed by atoms with Crippen LogP contribution in [-0.4, -0.2) is 21.1 Å². The third-order valence-corrected chi connectivity index (χ3v) is 7.81. The van der Waals surface area contributed by atoms with E-state index < -0.39 is 0 Å². The van der Waals surface area contributed by atoms with Gasteiger partial charge in [-0.2, -0.15) is 4.98 Å². The number of aromatic nitrogens is 2. The lowest BCUT2D eigenvalue weighted by Crippen LogP contribution is -2.03. The summed E-state index contributed by atoms with van der Waals surface area (Å²) in [6.07, 6.45) is 1.59. The Morgan fingerprint density at radius 1 is 0.595 bits per heavy atom. The number of para-hydroxylation sites is 1. The zero-order valence-corrected chi connectivity index (χ0v) is 22.3. The summed E-state index contributed by atoms with van der Waals surface area (Å²) < 4.78 is 8.17. The van der Waals surface area contributed by atoms with Gasteiger partial charge in [-0.1, -0.05) is 97.1 Å². The maximum absolute atomic E-state index is 13.5. The van der Waals surface area contributed by atoms with E-state index in [1.165, 1.54) is 0 Å². The van der Waals surface area contributed by atoms with Gasteiger partial charge in [0.15, 0.2) is 11.6 Å². The smallest absolute Gasteiger partial charge is 0.246 e. The molecule has 0 N–H and O–H groups in total. The van der Waals surface area contributed by atoms with Crippen LogP contribution in [0.2, 0.25) is 0 Å². The van der Waals surface area contributed by atoms with E-state index >= 15 is 0 Å². The van der Waals surface area contributed by atoms with Gasteiger partial charge >= 0.3 is 0 Å². The first-order valence-electron chi connectivity index (χ1n) is 13.7. The average Bonchev–Trinajstić information content (AvgIpc) is 3.67. The topological polar surface area (TPSA) is 65.1 Å². The molecule has 0 spiro atoms. The van der Waals surface area contributed by atoms with E-state index in [1.807, 2.05) is 95.6 Å². The van der Waals surface area contributed by atoms with Gasteiger partial charge in [0.05, 0.1) is 5.57 Å². The van der Waals surface area contributed by atoms with Crippen molar-refractivity contribution in [2.75, 3.05) is 0 Å². The van der Waals surface area contributed by atoms with Crippen molar-refractivity contribution in [1.82, 2.24) is 9.55 Å². The fourth-order valence-electron chi connectivity index (χ4n) is 5.70. The third kappa shape index (κ3) is 3.83. The number of carbonyl (C=O) groups is 2. The van der Waals surface area contributed by atoms with E-state index in [0.717, 1.165) is 38.7 Å². The highest BCUT2D eigenvalue weighted by Gasteiger charge is 2.34. The maximum Gasteiger partial charge on any atom is 0.246 e. The molecule has 0 saturated carbocycles. The Morgan fingerprint density at radius 3 is 1.79 bits per heavy atom. The van der Waals surface area contributed by atoms with Crippen molar-refractivity contribution in [3.63, 3.8) is 0 Å². The van der Waals surface area contributed by atoms with Crippen LogP contribution >= 0.6 is 0 Å². The van der Waals surface area contributed by atoms with Gasteiger partial charge in [0, 0.05) is 28.4 Å². The van der Waals surface area contributed by atoms with Gasteiger partial charge in [0.1, 0.15) is 17.1 Å². The molecule has 0 bridgehead atoms. The molecule has 2 heterocycles. The molecule has 0 unspecified atom stereocenters. The molecule has 2 aromatic heterocycles. The second-order valence-corrected chi connectivity index (χ2v) is 10.3. The summed E-state index contributed by atoms with van der Waals surface area (Å²) in [7, 11) is 0. The first kappa shape index (κ1) is 24.0. The minimum Gasteiger partial charge on any atom is -0.436 e. The largest absolute Gasteiger partial charge is 0.436 e. The minimum atomic E-state index is -0.292. The van der Waals surface area contributed by atoms with E-state index in [2.05, 4.69) is 24.3 Å². The molecule has 7 aromatic rings. The van der Waals surface area contributed by atoms with Crippen LogP contribution in [0.1, 0.15) is 26.5 Å². The van der Waals surface area contributed by atoms with Gasteiger partial charge in [-0.15, -0.1) is 0 Å². The molecule has 5 aromatic carbocycles. The first-order valence-corrected chi connectivity index (χ1v) is 13.7. The lowest BCUT2D eigenvalue weighted by atomic mass is 10.0. The quantitative estimate of drug-likeness (QED) is 0.165. The predicted molar refractivity (Wildman–Crippen MR) is 165 cm³/mol. The number of nitrogens with zero attached hydrogens (tertiary/aromatic N) is 2. The predicted octanol–water partition coefficient (Wildman–Crippen LogP) is 8.57. The Bertz CT molecular complexity index is 2150. The van der Waals surface area contributed by atoms with Crippen LogP contribution in [0.15, 0.2) is 137 Å². The monoisotopic (exact) mass is 542 g/mol. The molecule has 0 radical (unpaired) electrons. The van der Waals surface area contributed by atoms with E-state index in [4.69, 9.17) is 9.40 Å². The van der Waals surface area contributed by atoms with Gasteiger partial charge in [0.2, 0.25) is 5.71 Å². The number of furan rings is 1. The molecule has 0 amide bonds. The van der Waals surface area contributed by atoms with Crippen molar-refractivity contribution in [2.45, 2.75) is 0 Å². The maximum atomic E-state index is 13.5. The van der Waals surface area contributed by atoms with Gasteiger partial charge in [0.25, 0.3) is 0 Å². The van der Waals surface area contributed by atoms with Crippen LogP contribution < -0.4 is 0 Å². The fraction of sp³-hybridized carbons (Fsp3) is 0. The normalized spacial score (nSPS) is 12.8. The number of carbonyl (C=O) groups excluding carboxylic acids is 2. The van der Waals surface area contributed by atoms with E-state index in [1.54, 1.807) is 18.2 Å². The van der Waals surface area contributed by atoms with Gasteiger partial charge in [-0.3, -0.25) is 14.2 Å². The van der Waals surface area contributed by atoms with Gasteiger partial charge < -0.3 is 4.42 Å². The highest BCUT2D eigenvalue weighted by molar-refractivity contribution is 6.42. The molecule has 0 aliphatic heterocycles. The highest BCUT2D eigenvalue weighted by Crippen LogP contribution is 2.35. The molecule has 5 heteroatoms. The SMILES string of the molecule is O=C1C(=Cc2nc3oc(-c4ccc(-c5ccccc5)cc4)cc3n2-c2ccccc2)C(=O)c2cc3ccccc3cc21. The summed E-state index contributed by atoms with van der Waals surface area (Å²) in [6, 6.07) is 41.5. The number of ketones is 2. The molecule has 0 fully saturated rings. The van der Waals surface area contributed by atoms with Gasteiger partial charge in [-0.25, -0.2) is 0 Å². The lowest BCUT2D eigenvalue weighted by Gasteiger charge is -2.06. The molecule has 42 heavy (non-hydrogen) atoms. The number of fused-ring (bicyclic) bond motifs is 3. The third-order valence-electron chi connectivity index (χ3n) is 7.81. The zero-order chi connectivity index (χ0) is 28.2. The summed E-state index contributed by atoms with van der Waals surface area (Å²) >= 11 is 0. The van der Waals surface area contributed by atoms with Crippen molar-refractivity contribution in [3.05, 3.63) is 150 Å². The number of rotatable bonds is 4. The van der Waals surface area contributed by atoms with Crippen molar-refractivity contribution < 1.29 is 14.0 Å². The molecule has 198 valence electrons. The van der Waals surface area contributed by atoms with Crippen LogP contribution in [0.4, 0.5) is 0 Å².